The van der Waals surface area contributed by atoms with Gasteiger partial charge >= 0.3 is 0 Å². The largest absolute Gasteiger partial charge is 0.313 e. The van der Waals surface area contributed by atoms with Crippen LogP contribution in [0.4, 0.5) is 0 Å². The standard InChI is InChI=1S/C12H13Cl2N3/c13-10-2-1-9(12(14)5-10)8-17-4-3-16-7-11(17)6-15/h1-2,5,11,16H,3-4,7-8H2. The first-order valence-electron chi connectivity index (χ1n) is 5.49. The van der Waals surface area contributed by atoms with Crippen molar-refractivity contribution in [3.63, 3.8) is 0 Å². The molecule has 1 heterocycles. The van der Waals surface area contributed by atoms with Gasteiger partial charge in [0.15, 0.2) is 0 Å². The third-order valence-electron chi connectivity index (χ3n) is 2.89. The van der Waals surface area contributed by atoms with Crippen LogP contribution in [0.5, 0.6) is 0 Å². The molecule has 17 heavy (non-hydrogen) atoms. The van der Waals surface area contributed by atoms with Gasteiger partial charge in [-0.05, 0) is 17.7 Å². The molecule has 1 fully saturated rings. The Kier molecular flexibility index (Phi) is 4.25. The topological polar surface area (TPSA) is 39.1 Å². The normalized spacial score (nSPS) is 21.1. The second kappa shape index (κ2) is 5.70. The first-order valence-corrected chi connectivity index (χ1v) is 6.24. The highest BCUT2D eigenvalue weighted by Crippen LogP contribution is 2.23. The zero-order valence-electron chi connectivity index (χ0n) is 9.29. The van der Waals surface area contributed by atoms with Crippen molar-refractivity contribution in [2.75, 3.05) is 19.6 Å². The Morgan fingerprint density at radius 3 is 3.00 bits per heavy atom. The maximum atomic E-state index is 9.07. The smallest absolute Gasteiger partial charge is 0.111 e. The molecule has 0 aliphatic carbocycles. The molecule has 3 nitrogen and oxygen atoms in total. The fraction of sp³-hybridized carbons (Fsp3) is 0.417. The van der Waals surface area contributed by atoms with Crippen molar-refractivity contribution in [2.45, 2.75) is 12.6 Å². The molecular formula is C12H13Cl2N3. The fourth-order valence-corrected chi connectivity index (χ4v) is 2.40. The van der Waals surface area contributed by atoms with E-state index in [1.54, 1.807) is 6.07 Å². The quantitative estimate of drug-likeness (QED) is 0.896. The molecule has 0 spiro atoms. The fourth-order valence-electron chi connectivity index (χ4n) is 1.93. The summed E-state index contributed by atoms with van der Waals surface area (Å²) in [6.45, 7) is 3.16. The van der Waals surface area contributed by atoms with Gasteiger partial charge in [-0.15, -0.1) is 0 Å². The number of hydrogen-bond donors (Lipinski definition) is 1. The number of benzene rings is 1. The van der Waals surface area contributed by atoms with Crippen molar-refractivity contribution >= 4 is 23.2 Å². The molecule has 1 unspecified atom stereocenters. The van der Waals surface area contributed by atoms with Gasteiger partial charge in [-0.25, -0.2) is 0 Å². The van der Waals surface area contributed by atoms with Crippen LogP contribution in [0.3, 0.4) is 0 Å². The Bertz CT molecular complexity index is 442. The maximum absolute atomic E-state index is 9.07. The van der Waals surface area contributed by atoms with E-state index in [-0.39, 0.29) is 6.04 Å². The summed E-state index contributed by atoms with van der Waals surface area (Å²) in [6, 6.07) is 7.69. The van der Waals surface area contributed by atoms with E-state index in [1.165, 1.54) is 0 Å². The van der Waals surface area contributed by atoms with E-state index in [1.807, 2.05) is 12.1 Å². The summed E-state index contributed by atoms with van der Waals surface area (Å²) in [7, 11) is 0. The molecule has 5 heteroatoms. The lowest BCUT2D eigenvalue weighted by Gasteiger charge is -2.32. The molecule has 1 atom stereocenters. The lowest BCUT2D eigenvalue weighted by atomic mass is 10.1. The number of rotatable bonds is 2. The second-order valence-electron chi connectivity index (χ2n) is 4.06. The first-order chi connectivity index (χ1) is 8.20. The van der Waals surface area contributed by atoms with Crippen molar-refractivity contribution in [3.8, 4) is 6.07 Å². The zero-order chi connectivity index (χ0) is 12.3. The Balaban J connectivity index is 2.11. The molecule has 0 radical (unpaired) electrons. The maximum Gasteiger partial charge on any atom is 0.111 e. The predicted molar refractivity (Wildman–Crippen MR) is 69.1 cm³/mol. The third kappa shape index (κ3) is 3.11. The van der Waals surface area contributed by atoms with E-state index in [0.717, 1.165) is 18.7 Å². The van der Waals surface area contributed by atoms with Gasteiger partial charge in [0.25, 0.3) is 0 Å². The number of nitriles is 1. The van der Waals surface area contributed by atoms with Crippen LogP contribution in [0.15, 0.2) is 18.2 Å². The molecule has 2 rings (SSSR count). The van der Waals surface area contributed by atoms with Gasteiger partial charge in [-0.3, -0.25) is 4.90 Å². The van der Waals surface area contributed by atoms with Crippen LogP contribution >= 0.6 is 23.2 Å². The third-order valence-corrected chi connectivity index (χ3v) is 3.48. The Morgan fingerprint density at radius 2 is 2.29 bits per heavy atom. The summed E-state index contributed by atoms with van der Waals surface area (Å²) in [4.78, 5) is 2.13. The van der Waals surface area contributed by atoms with E-state index in [9.17, 15) is 0 Å². The van der Waals surface area contributed by atoms with Crippen molar-refractivity contribution in [1.29, 1.82) is 5.26 Å². The van der Waals surface area contributed by atoms with E-state index >= 15 is 0 Å². The molecule has 0 amide bonds. The first kappa shape index (κ1) is 12.7. The highest BCUT2D eigenvalue weighted by molar-refractivity contribution is 6.35. The van der Waals surface area contributed by atoms with Crippen molar-refractivity contribution in [1.82, 2.24) is 10.2 Å². The second-order valence-corrected chi connectivity index (χ2v) is 4.90. The SMILES string of the molecule is N#CC1CNCCN1Cc1ccc(Cl)cc1Cl. The van der Waals surface area contributed by atoms with E-state index < -0.39 is 0 Å². The summed E-state index contributed by atoms with van der Waals surface area (Å²) in [5, 5.41) is 13.6. The van der Waals surface area contributed by atoms with Crippen LogP contribution in [-0.2, 0) is 6.54 Å². The van der Waals surface area contributed by atoms with Gasteiger partial charge in [-0.1, -0.05) is 29.3 Å². The number of piperazine rings is 1. The van der Waals surface area contributed by atoms with Crippen LogP contribution in [0.25, 0.3) is 0 Å². The van der Waals surface area contributed by atoms with Crippen LogP contribution in [0, 0.1) is 11.3 Å². The molecule has 0 saturated carbocycles. The highest BCUT2D eigenvalue weighted by atomic mass is 35.5. The monoisotopic (exact) mass is 269 g/mol. The minimum atomic E-state index is -0.0875. The minimum Gasteiger partial charge on any atom is -0.313 e. The summed E-state index contributed by atoms with van der Waals surface area (Å²) < 4.78 is 0. The van der Waals surface area contributed by atoms with Crippen LogP contribution in [0.1, 0.15) is 5.56 Å². The van der Waals surface area contributed by atoms with Crippen LogP contribution in [-0.4, -0.2) is 30.6 Å². The van der Waals surface area contributed by atoms with E-state index in [2.05, 4.69) is 16.3 Å². The Hall–Kier alpha value is -0.790. The number of hydrogen-bond acceptors (Lipinski definition) is 3. The molecule has 1 aliphatic heterocycles. The molecule has 1 aromatic carbocycles. The summed E-state index contributed by atoms with van der Waals surface area (Å²) in [5.74, 6) is 0. The summed E-state index contributed by atoms with van der Waals surface area (Å²) >= 11 is 12.0. The van der Waals surface area contributed by atoms with Gasteiger partial charge in [0, 0.05) is 36.2 Å². The van der Waals surface area contributed by atoms with Gasteiger partial charge in [0.1, 0.15) is 6.04 Å². The van der Waals surface area contributed by atoms with Crippen LogP contribution in [0.2, 0.25) is 10.0 Å². The van der Waals surface area contributed by atoms with Crippen molar-refractivity contribution in [3.05, 3.63) is 33.8 Å². The van der Waals surface area contributed by atoms with Gasteiger partial charge < -0.3 is 5.32 Å². The summed E-state index contributed by atoms with van der Waals surface area (Å²) in [5.41, 5.74) is 1.01. The van der Waals surface area contributed by atoms with Crippen LogP contribution < -0.4 is 5.32 Å². The number of nitrogens with zero attached hydrogens (tertiary/aromatic N) is 2. The van der Waals surface area contributed by atoms with Gasteiger partial charge in [0.05, 0.1) is 6.07 Å². The zero-order valence-corrected chi connectivity index (χ0v) is 10.8. The molecule has 1 aromatic rings. The molecule has 0 aromatic heterocycles. The Labute approximate surface area is 111 Å². The van der Waals surface area contributed by atoms with Crippen molar-refractivity contribution < 1.29 is 0 Å². The van der Waals surface area contributed by atoms with Crippen molar-refractivity contribution in [2.24, 2.45) is 0 Å². The average molecular weight is 270 g/mol. The number of halogens is 2. The molecule has 1 saturated heterocycles. The Morgan fingerprint density at radius 1 is 1.47 bits per heavy atom. The lowest BCUT2D eigenvalue weighted by molar-refractivity contribution is 0.189. The van der Waals surface area contributed by atoms with E-state index in [4.69, 9.17) is 28.5 Å². The van der Waals surface area contributed by atoms with E-state index in [0.29, 0.717) is 23.1 Å². The summed E-state index contributed by atoms with van der Waals surface area (Å²) in [6.07, 6.45) is 0. The van der Waals surface area contributed by atoms with Gasteiger partial charge in [-0.2, -0.15) is 5.26 Å². The minimum absolute atomic E-state index is 0.0875. The average Bonchev–Trinajstić information content (AvgIpc) is 2.33. The lowest BCUT2D eigenvalue weighted by Crippen LogP contribution is -2.50. The number of nitrogens with one attached hydrogen (secondary N) is 1. The molecular weight excluding hydrogens is 257 g/mol. The molecule has 0 bridgehead atoms. The van der Waals surface area contributed by atoms with Gasteiger partial charge in [0.2, 0.25) is 0 Å². The molecule has 1 N–H and O–H groups in total. The molecule has 1 aliphatic rings. The predicted octanol–water partition coefficient (Wildman–Crippen LogP) is 2.29. The molecule has 90 valence electrons. The highest BCUT2D eigenvalue weighted by Gasteiger charge is 2.22.